The molecule has 0 amide bonds. The zero-order chi connectivity index (χ0) is 30.9. The number of fused-ring (bicyclic) bond motifs is 4. The van der Waals surface area contributed by atoms with Crippen molar-refractivity contribution in [2.75, 3.05) is 40.9 Å². The summed E-state index contributed by atoms with van der Waals surface area (Å²) in [4.78, 5) is 36.1. The van der Waals surface area contributed by atoms with Crippen LogP contribution in [0.2, 0.25) is 0 Å². The van der Waals surface area contributed by atoms with Gasteiger partial charge >= 0.3 is 0 Å². The van der Waals surface area contributed by atoms with Gasteiger partial charge in [-0.2, -0.15) is 0 Å². The molecule has 4 aromatic rings. The van der Waals surface area contributed by atoms with E-state index < -0.39 is 11.0 Å². The van der Waals surface area contributed by atoms with Crippen LogP contribution in [0.4, 0.5) is 0 Å². The van der Waals surface area contributed by atoms with E-state index in [0.29, 0.717) is 24.4 Å². The average molecular weight is 599 g/mol. The number of ether oxygens (including phenoxy) is 2. The highest BCUT2D eigenvalue weighted by atomic mass is 16.5. The van der Waals surface area contributed by atoms with Crippen molar-refractivity contribution in [1.82, 2.24) is 9.80 Å². The number of methoxy groups -OCH3 is 2. The van der Waals surface area contributed by atoms with Gasteiger partial charge in [0.05, 0.1) is 19.6 Å². The molecule has 0 radical (unpaired) electrons. The molecule has 3 heterocycles. The van der Waals surface area contributed by atoms with Crippen LogP contribution in [-0.4, -0.2) is 68.3 Å². The van der Waals surface area contributed by atoms with Crippen LogP contribution >= 0.6 is 0 Å². The van der Waals surface area contributed by atoms with Crippen LogP contribution in [0, 0.1) is 5.41 Å². The number of likely N-dealkylation sites (tertiary alicyclic amines) is 1. The van der Waals surface area contributed by atoms with Crippen molar-refractivity contribution in [3.63, 3.8) is 0 Å². The third kappa shape index (κ3) is 3.64. The molecular weight excluding hydrogens is 560 g/mol. The number of likely N-dealkylation sites (N-methyl/N-ethyl adjacent to an activating group) is 1. The first kappa shape index (κ1) is 28.2. The summed E-state index contributed by atoms with van der Waals surface area (Å²) in [5.41, 5.74) is 2.00. The number of rotatable bonds is 4. The zero-order valence-electron chi connectivity index (χ0n) is 26.1. The summed E-state index contributed by atoms with van der Waals surface area (Å²) in [5.74, 6) is 1.32. The lowest BCUT2D eigenvalue weighted by atomic mass is 9.54. The second-order valence-electron chi connectivity index (χ2n) is 13.1. The van der Waals surface area contributed by atoms with E-state index in [1.165, 1.54) is 0 Å². The maximum Gasteiger partial charge on any atom is 0.189 e. The zero-order valence-corrected chi connectivity index (χ0v) is 26.1. The third-order valence-corrected chi connectivity index (χ3v) is 11.0. The second-order valence-corrected chi connectivity index (χ2v) is 13.1. The van der Waals surface area contributed by atoms with Gasteiger partial charge in [-0.3, -0.25) is 14.5 Å². The number of piperidine rings is 2. The second kappa shape index (κ2) is 10.4. The maximum atomic E-state index is 15.8. The van der Waals surface area contributed by atoms with Gasteiger partial charge in [-0.05, 0) is 66.5 Å². The summed E-state index contributed by atoms with van der Waals surface area (Å²) < 4.78 is 11.7. The number of Topliss-reactive ketones (excluding diaryl/α,β-unsaturated/α-hetero) is 2. The van der Waals surface area contributed by atoms with Crippen LogP contribution in [0.15, 0.2) is 90.5 Å². The molecule has 4 aromatic carbocycles. The van der Waals surface area contributed by atoms with Crippen LogP contribution in [0.5, 0.6) is 11.5 Å². The molecule has 3 saturated heterocycles. The Morgan fingerprint density at radius 2 is 1.56 bits per heavy atom. The Morgan fingerprint density at radius 3 is 2.36 bits per heavy atom. The number of hydrogen-bond acceptors (Lipinski definition) is 6. The van der Waals surface area contributed by atoms with Crippen molar-refractivity contribution in [2.24, 2.45) is 5.41 Å². The number of carbonyl (C=O) groups is 2. The van der Waals surface area contributed by atoms with Crippen LogP contribution in [0.1, 0.15) is 52.2 Å². The standard InChI is InChI=1S/C39H38N2O4/c1-40-23-27(22-26-12-4-6-19-32(26)44-2)36(42)38(24-40)35(28-15-5-7-20-33(28)45-3)31-18-8-9-21-41(31)39(38)30-17-11-14-25-13-10-16-29(34(25)30)37(39)43/h4-7,10-17,19-20,22,31,35H,8-9,18,21,23-24H2,1-3H3/b27-22+/t31-,35-,38-,39-/m0/s1. The van der Waals surface area contributed by atoms with Crippen molar-refractivity contribution in [2.45, 2.75) is 36.8 Å². The first-order chi connectivity index (χ1) is 22.0. The lowest BCUT2D eigenvalue weighted by Gasteiger charge is -2.52. The summed E-state index contributed by atoms with van der Waals surface area (Å²) >= 11 is 0. The maximum absolute atomic E-state index is 15.8. The Kier molecular flexibility index (Phi) is 6.52. The van der Waals surface area contributed by atoms with E-state index in [2.05, 4.69) is 47.2 Å². The van der Waals surface area contributed by atoms with E-state index in [1.807, 2.05) is 60.7 Å². The van der Waals surface area contributed by atoms with Gasteiger partial charge < -0.3 is 14.4 Å². The molecule has 6 nitrogen and oxygen atoms in total. The molecule has 2 spiro atoms. The molecule has 4 aliphatic rings. The average Bonchev–Trinajstić information content (AvgIpc) is 3.48. The number of benzene rings is 4. The fraction of sp³-hybridized carbons (Fsp3) is 0.333. The predicted octanol–water partition coefficient (Wildman–Crippen LogP) is 6.49. The molecule has 0 saturated carbocycles. The van der Waals surface area contributed by atoms with Gasteiger partial charge in [0.25, 0.3) is 0 Å². The van der Waals surface area contributed by atoms with E-state index in [4.69, 9.17) is 9.47 Å². The molecule has 0 unspecified atom stereocenters. The molecular formula is C39H38N2O4. The number of nitrogens with zero attached hydrogens (tertiary/aromatic N) is 2. The third-order valence-electron chi connectivity index (χ3n) is 11.0. The highest BCUT2D eigenvalue weighted by molar-refractivity contribution is 6.24. The SMILES string of the molecule is COc1ccccc1/C=C1\CN(C)C[C@@]2(C1=O)[C@@H](c1ccccc1OC)[C@@H]1CCCCN1[C@@]21C(=O)c2cccc3cccc1c23. The van der Waals surface area contributed by atoms with Crippen LogP contribution in [0.3, 0.4) is 0 Å². The summed E-state index contributed by atoms with van der Waals surface area (Å²) in [5, 5.41) is 2.03. The smallest absolute Gasteiger partial charge is 0.189 e. The molecule has 8 rings (SSSR count). The number of para-hydroxylation sites is 2. The van der Waals surface area contributed by atoms with Gasteiger partial charge in [0.15, 0.2) is 11.6 Å². The van der Waals surface area contributed by atoms with Crippen LogP contribution < -0.4 is 9.47 Å². The lowest BCUT2D eigenvalue weighted by molar-refractivity contribution is -0.134. The highest BCUT2D eigenvalue weighted by Crippen LogP contribution is 2.69. The van der Waals surface area contributed by atoms with Crippen molar-refractivity contribution in [1.29, 1.82) is 0 Å². The predicted molar refractivity (Wildman–Crippen MR) is 176 cm³/mol. The van der Waals surface area contributed by atoms with Crippen molar-refractivity contribution in [3.8, 4) is 11.5 Å². The van der Waals surface area contributed by atoms with E-state index in [0.717, 1.165) is 64.6 Å². The summed E-state index contributed by atoms with van der Waals surface area (Å²) in [6.07, 6.45) is 4.95. The number of hydrogen-bond donors (Lipinski definition) is 0. The lowest BCUT2D eigenvalue weighted by Crippen LogP contribution is -2.65. The molecule has 6 heteroatoms. The summed E-state index contributed by atoms with van der Waals surface area (Å²) in [7, 11) is 5.44. The van der Waals surface area contributed by atoms with Crippen LogP contribution in [0.25, 0.3) is 16.8 Å². The molecule has 3 aliphatic heterocycles. The van der Waals surface area contributed by atoms with E-state index in [-0.39, 0.29) is 23.5 Å². The van der Waals surface area contributed by atoms with Crippen molar-refractivity contribution >= 4 is 28.4 Å². The van der Waals surface area contributed by atoms with Crippen molar-refractivity contribution in [3.05, 3.63) is 113 Å². The Balaban J connectivity index is 1.48. The normalized spacial score (nSPS) is 28.8. The fourth-order valence-electron chi connectivity index (χ4n) is 9.61. The van der Waals surface area contributed by atoms with Crippen molar-refractivity contribution < 1.29 is 19.1 Å². The Bertz CT molecular complexity index is 1890. The molecule has 0 bridgehead atoms. The van der Waals surface area contributed by atoms with E-state index in [1.54, 1.807) is 14.2 Å². The molecule has 1 aliphatic carbocycles. The monoisotopic (exact) mass is 598 g/mol. The van der Waals surface area contributed by atoms with Gasteiger partial charge in [0.1, 0.15) is 17.0 Å². The van der Waals surface area contributed by atoms with Gasteiger partial charge in [0.2, 0.25) is 0 Å². The Hall–Kier alpha value is -4.26. The minimum atomic E-state index is -1.15. The molecule has 45 heavy (non-hydrogen) atoms. The fourth-order valence-corrected chi connectivity index (χ4v) is 9.61. The molecule has 0 N–H and O–H groups in total. The van der Waals surface area contributed by atoms with Crippen LogP contribution in [-0.2, 0) is 10.3 Å². The molecule has 228 valence electrons. The first-order valence-corrected chi connectivity index (χ1v) is 16.0. The summed E-state index contributed by atoms with van der Waals surface area (Å²) in [6, 6.07) is 28.3. The minimum Gasteiger partial charge on any atom is -0.496 e. The largest absolute Gasteiger partial charge is 0.496 e. The van der Waals surface area contributed by atoms with Gasteiger partial charge in [-0.1, -0.05) is 79.2 Å². The van der Waals surface area contributed by atoms with E-state index in [9.17, 15) is 0 Å². The Morgan fingerprint density at radius 1 is 0.822 bits per heavy atom. The van der Waals surface area contributed by atoms with E-state index >= 15 is 9.59 Å². The number of carbonyl (C=O) groups excluding carboxylic acids is 2. The molecule has 0 aromatic heterocycles. The first-order valence-electron chi connectivity index (χ1n) is 16.0. The van der Waals surface area contributed by atoms with Gasteiger partial charge in [-0.25, -0.2) is 0 Å². The highest BCUT2D eigenvalue weighted by Gasteiger charge is 2.77. The topological polar surface area (TPSA) is 59.1 Å². The number of ketones is 2. The quantitative estimate of drug-likeness (QED) is 0.251. The minimum absolute atomic E-state index is 0.00784. The van der Waals surface area contributed by atoms with Gasteiger partial charge in [-0.15, -0.1) is 0 Å². The van der Waals surface area contributed by atoms with Gasteiger partial charge in [0, 0.05) is 41.7 Å². The Labute approximate surface area is 264 Å². The molecule has 4 atom stereocenters. The molecule has 3 fully saturated rings. The summed E-state index contributed by atoms with van der Waals surface area (Å²) in [6.45, 7) is 1.71.